The van der Waals surface area contributed by atoms with Gasteiger partial charge in [-0.15, -0.1) is 11.3 Å². The highest BCUT2D eigenvalue weighted by atomic mass is 32.1. The van der Waals surface area contributed by atoms with Crippen molar-refractivity contribution >= 4 is 17.0 Å². The van der Waals surface area contributed by atoms with E-state index >= 15 is 0 Å². The molecule has 16 heavy (non-hydrogen) atoms. The zero-order valence-electron chi connectivity index (χ0n) is 9.02. The molecule has 0 aliphatic rings. The van der Waals surface area contributed by atoms with Gasteiger partial charge in [0.15, 0.2) is 0 Å². The van der Waals surface area contributed by atoms with E-state index in [1.165, 1.54) is 10.4 Å². The fraction of sp³-hybridized carbons (Fsp3) is 0.231. The number of thiophene rings is 1. The lowest BCUT2D eigenvalue weighted by atomic mass is 10.1. The van der Waals surface area contributed by atoms with E-state index in [-0.39, 0.29) is 6.61 Å². The molecule has 3 heteroatoms. The van der Waals surface area contributed by atoms with Crippen LogP contribution in [0.4, 0.5) is 5.69 Å². The molecule has 0 amide bonds. The van der Waals surface area contributed by atoms with Crippen LogP contribution in [0, 0.1) is 0 Å². The predicted octanol–water partition coefficient (Wildman–Crippen LogP) is 2.90. The number of hydrogen-bond acceptors (Lipinski definition) is 3. The number of nitrogens with one attached hydrogen (secondary N) is 1. The minimum Gasteiger partial charge on any atom is -0.396 e. The Morgan fingerprint density at radius 2 is 2.12 bits per heavy atom. The van der Waals surface area contributed by atoms with Crippen molar-refractivity contribution in [2.45, 2.75) is 13.0 Å². The van der Waals surface area contributed by atoms with Crippen molar-refractivity contribution in [3.05, 3.63) is 52.2 Å². The van der Waals surface area contributed by atoms with Gasteiger partial charge in [0.25, 0.3) is 0 Å². The zero-order chi connectivity index (χ0) is 11.2. The summed E-state index contributed by atoms with van der Waals surface area (Å²) >= 11 is 1.75. The van der Waals surface area contributed by atoms with Crippen LogP contribution in [0.2, 0.25) is 0 Å². The van der Waals surface area contributed by atoms with E-state index in [1.807, 2.05) is 12.1 Å². The molecule has 0 saturated carbocycles. The van der Waals surface area contributed by atoms with Crippen LogP contribution in [0.25, 0.3) is 0 Å². The van der Waals surface area contributed by atoms with Gasteiger partial charge in [-0.05, 0) is 35.6 Å². The quantitative estimate of drug-likeness (QED) is 0.832. The monoisotopic (exact) mass is 233 g/mol. The van der Waals surface area contributed by atoms with Crippen LogP contribution in [0.3, 0.4) is 0 Å². The van der Waals surface area contributed by atoms with Crippen molar-refractivity contribution in [3.63, 3.8) is 0 Å². The number of aliphatic hydroxyl groups excluding tert-OH is 1. The summed E-state index contributed by atoms with van der Waals surface area (Å²) in [7, 11) is 0. The summed E-state index contributed by atoms with van der Waals surface area (Å²) in [6, 6.07) is 12.4. The minimum atomic E-state index is 0.203. The average Bonchev–Trinajstić information content (AvgIpc) is 2.80. The molecular formula is C13H15NOS. The van der Waals surface area contributed by atoms with E-state index in [1.54, 1.807) is 11.3 Å². The van der Waals surface area contributed by atoms with Crippen molar-refractivity contribution in [2.24, 2.45) is 0 Å². The topological polar surface area (TPSA) is 32.3 Å². The van der Waals surface area contributed by atoms with Gasteiger partial charge in [-0.25, -0.2) is 0 Å². The molecule has 2 nitrogen and oxygen atoms in total. The maximum Gasteiger partial charge on any atom is 0.0494 e. The van der Waals surface area contributed by atoms with Crippen LogP contribution in [0.15, 0.2) is 41.8 Å². The lowest BCUT2D eigenvalue weighted by Gasteiger charge is -2.06. The van der Waals surface area contributed by atoms with Crippen molar-refractivity contribution in [1.29, 1.82) is 0 Å². The second kappa shape index (κ2) is 5.68. The van der Waals surface area contributed by atoms with Crippen LogP contribution < -0.4 is 5.32 Å². The van der Waals surface area contributed by atoms with Gasteiger partial charge >= 0.3 is 0 Å². The Labute approximate surface area is 99.6 Å². The molecule has 1 aromatic carbocycles. The Kier molecular flexibility index (Phi) is 3.97. The fourth-order valence-electron chi connectivity index (χ4n) is 1.57. The Morgan fingerprint density at radius 1 is 1.19 bits per heavy atom. The summed E-state index contributed by atoms with van der Waals surface area (Å²) in [6.45, 7) is 1.06. The zero-order valence-corrected chi connectivity index (χ0v) is 9.83. The first-order valence-corrected chi connectivity index (χ1v) is 6.22. The molecule has 0 atom stereocenters. The summed E-state index contributed by atoms with van der Waals surface area (Å²) in [4.78, 5) is 1.33. The molecule has 0 saturated heterocycles. The van der Waals surface area contributed by atoms with Crippen molar-refractivity contribution in [1.82, 2.24) is 0 Å². The fourth-order valence-corrected chi connectivity index (χ4v) is 2.21. The van der Waals surface area contributed by atoms with Crippen LogP contribution in [-0.4, -0.2) is 11.7 Å². The van der Waals surface area contributed by atoms with Gasteiger partial charge in [-0.1, -0.05) is 18.2 Å². The molecule has 0 bridgehead atoms. The highest BCUT2D eigenvalue weighted by Crippen LogP contribution is 2.14. The third-order valence-corrected chi connectivity index (χ3v) is 3.25. The van der Waals surface area contributed by atoms with Gasteiger partial charge in [-0.3, -0.25) is 0 Å². The average molecular weight is 233 g/mol. The molecule has 1 aromatic heterocycles. The molecule has 0 radical (unpaired) electrons. The number of benzene rings is 1. The van der Waals surface area contributed by atoms with Crippen molar-refractivity contribution in [3.8, 4) is 0 Å². The van der Waals surface area contributed by atoms with Crippen LogP contribution >= 0.6 is 11.3 Å². The molecule has 0 aliphatic carbocycles. The molecule has 2 aromatic rings. The van der Waals surface area contributed by atoms with Gasteiger partial charge in [0.2, 0.25) is 0 Å². The Balaban J connectivity index is 1.96. The normalized spacial score (nSPS) is 10.3. The molecule has 0 fully saturated rings. The highest BCUT2D eigenvalue weighted by Gasteiger charge is 1.96. The second-order valence-electron chi connectivity index (χ2n) is 3.61. The Morgan fingerprint density at radius 3 is 2.88 bits per heavy atom. The summed E-state index contributed by atoms with van der Waals surface area (Å²) in [5.41, 5.74) is 2.28. The van der Waals surface area contributed by atoms with Gasteiger partial charge in [0.1, 0.15) is 0 Å². The summed E-state index contributed by atoms with van der Waals surface area (Å²) in [5, 5.41) is 14.3. The molecule has 0 aliphatic heterocycles. The minimum absolute atomic E-state index is 0.203. The van der Waals surface area contributed by atoms with E-state index in [9.17, 15) is 0 Å². The predicted molar refractivity (Wildman–Crippen MR) is 68.9 cm³/mol. The number of anilines is 1. The standard InChI is InChI=1S/C13H15NOS/c15-7-6-11-3-1-4-12(9-11)14-10-13-5-2-8-16-13/h1-5,8-9,14-15H,6-7,10H2. The molecule has 2 rings (SSSR count). The molecule has 1 heterocycles. The SMILES string of the molecule is OCCc1cccc(NCc2cccs2)c1. The van der Waals surface area contributed by atoms with Crippen LogP contribution in [0.5, 0.6) is 0 Å². The van der Waals surface area contributed by atoms with Crippen LogP contribution in [-0.2, 0) is 13.0 Å². The first-order valence-electron chi connectivity index (χ1n) is 5.34. The summed E-state index contributed by atoms with van der Waals surface area (Å²) in [6.07, 6.45) is 0.717. The van der Waals surface area contributed by atoms with E-state index in [4.69, 9.17) is 5.11 Å². The second-order valence-corrected chi connectivity index (χ2v) is 4.64. The van der Waals surface area contributed by atoms with Gasteiger partial charge in [-0.2, -0.15) is 0 Å². The van der Waals surface area contributed by atoms with E-state index in [0.717, 1.165) is 12.2 Å². The van der Waals surface area contributed by atoms with Crippen molar-refractivity contribution < 1.29 is 5.11 Å². The summed E-state index contributed by atoms with van der Waals surface area (Å²) in [5.74, 6) is 0. The largest absolute Gasteiger partial charge is 0.396 e. The van der Waals surface area contributed by atoms with E-state index in [0.29, 0.717) is 6.42 Å². The first kappa shape index (κ1) is 11.2. The molecular weight excluding hydrogens is 218 g/mol. The maximum atomic E-state index is 8.87. The highest BCUT2D eigenvalue weighted by molar-refractivity contribution is 7.09. The third-order valence-electron chi connectivity index (χ3n) is 2.37. The number of aliphatic hydroxyl groups is 1. The molecule has 84 valence electrons. The van der Waals surface area contributed by atoms with E-state index in [2.05, 4.69) is 35.0 Å². The Hall–Kier alpha value is -1.32. The lowest BCUT2D eigenvalue weighted by Crippen LogP contribution is -1.98. The van der Waals surface area contributed by atoms with Crippen molar-refractivity contribution in [2.75, 3.05) is 11.9 Å². The summed E-state index contributed by atoms with van der Waals surface area (Å²) < 4.78 is 0. The molecule has 2 N–H and O–H groups in total. The molecule has 0 unspecified atom stereocenters. The van der Waals surface area contributed by atoms with E-state index < -0.39 is 0 Å². The number of hydrogen-bond donors (Lipinski definition) is 2. The smallest absolute Gasteiger partial charge is 0.0494 e. The van der Waals surface area contributed by atoms with Gasteiger partial charge in [0, 0.05) is 23.7 Å². The lowest BCUT2D eigenvalue weighted by molar-refractivity contribution is 0.299. The van der Waals surface area contributed by atoms with Gasteiger partial charge in [0.05, 0.1) is 0 Å². The maximum absolute atomic E-state index is 8.87. The first-order chi connectivity index (χ1) is 7.88. The Bertz CT molecular complexity index is 425. The van der Waals surface area contributed by atoms with Crippen LogP contribution in [0.1, 0.15) is 10.4 Å². The van der Waals surface area contributed by atoms with Gasteiger partial charge < -0.3 is 10.4 Å². The molecule has 0 spiro atoms. The third kappa shape index (κ3) is 3.08. The number of rotatable bonds is 5.